The number of nitrogens with zero attached hydrogens (tertiary/aromatic N) is 4. The molecule has 1 N–H and O–H groups in total. The molecule has 1 fully saturated rings. The molecule has 2 aromatic heterocycles. The van der Waals surface area contributed by atoms with Gasteiger partial charge in [-0.2, -0.15) is 10.1 Å². The SMILES string of the molecule is CCOc1ccccc1CN1CC(c2noc(-c3cc(-c4ccccc4)n[nH]3)n2)CC1=O. The monoisotopic (exact) mass is 429 g/mol. The van der Waals surface area contributed by atoms with Gasteiger partial charge < -0.3 is 14.2 Å². The van der Waals surface area contributed by atoms with Gasteiger partial charge in [-0.25, -0.2) is 0 Å². The van der Waals surface area contributed by atoms with Gasteiger partial charge in [0.1, 0.15) is 11.4 Å². The van der Waals surface area contributed by atoms with E-state index in [2.05, 4.69) is 20.3 Å². The molecule has 0 spiro atoms. The van der Waals surface area contributed by atoms with Crippen LogP contribution in [-0.2, 0) is 11.3 Å². The number of hydrogen-bond donors (Lipinski definition) is 1. The molecule has 8 nitrogen and oxygen atoms in total. The Morgan fingerprint density at radius 3 is 2.81 bits per heavy atom. The number of ether oxygens (including phenoxy) is 1. The molecule has 5 rings (SSSR count). The van der Waals surface area contributed by atoms with Crippen molar-refractivity contribution in [3.05, 3.63) is 72.1 Å². The quantitative estimate of drug-likeness (QED) is 0.476. The van der Waals surface area contributed by atoms with Crippen LogP contribution in [0.1, 0.15) is 30.7 Å². The number of carbonyl (C=O) groups is 1. The third-order valence-corrected chi connectivity index (χ3v) is 5.53. The van der Waals surface area contributed by atoms with E-state index in [1.165, 1.54) is 0 Å². The zero-order valence-corrected chi connectivity index (χ0v) is 17.7. The van der Waals surface area contributed by atoms with Gasteiger partial charge in [-0.05, 0) is 19.1 Å². The van der Waals surface area contributed by atoms with Crippen molar-refractivity contribution in [2.45, 2.75) is 25.8 Å². The van der Waals surface area contributed by atoms with Crippen molar-refractivity contribution < 1.29 is 14.1 Å². The average Bonchev–Trinajstić information content (AvgIpc) is 3.56. The molecular formula is C24H23N5O3. The number of hydrogen-bond acceptors (Lipinski definition) is 6. The molecular weight excluding hydrogens is 406 g/mol. The average molecular weight is 429 g/mol. The van der Waals surface area contributed by atoms with Crippen molar-refractivity contribution in [1.29, 1.82) is 0 Å². The summed E-state index contributed by atoms with van der Waals surface area (Å²) in [6.45, 7) is 3.57. The minimum atomic E-state index is -0.115. The summed E-state index contributed by atoms with van der Waals surface area (Å²) in [5, 5.41) is 11.4. The van der Waals surface area contributed by atoms with E-state index in [0.29, 0.717) is 43.5 Å². The second-order valence-corrected chi connectivity index (χ2v) is 7.71. The smallest absolute Gasteiger partial charge is 0.275 e. The molecule has 1 aliphatic heterocycles. The highest BCUT2D eigenvalue weighted by Gasteiger charge is 2.34. The van der Waals surface area contributed by atoms with Gasteiger partial charge in [0, 0.05) is 36.6 Å². The van der Waals surface area contributed by atoms with Crippen LogP contribution in [0.5, 0.6) is 5.75 Å². The number of benzene rings is 2. The Morgan fingerprint density at radius 2 is 1.97 bits per heavy atom. The van der Waals surface area contributed by atoms with E-state index in [0.717, 1.165) is 22.6 Å². The Hall–Kier alpha value is -3.94. The van der Waals surface area contributed by atoms with E-state index in [-0.39, 0.29) is 11.8 Å². The van der Waals surface area contributed by atoms with Gasteiger partial charge in [0.15, 0.2) is 5.82 Å². The van der Waals surface area contributed by atoms with E-state index >= 15 is 0 Å². The third-order valence-electron chi connectivity index (χ3n) is 5.53. The van der Waals surface area contributed by atoms with Crippen LogP contribution in [0, 0.1) is 0 Å². The Balaban J connectivity index is 1.29. The second kappa shape index (κ2) is 8.66. The lowest BCUT2D eigenvalue weighted by Gasteiger charge is -2.18. The van der Waals surface area contributed by atoms with E-state index in [1.807, 2.05) is 72.5 Å². The summed E-state index contributed by atoms with van der Waals surface area (Å²) in [5.41, 5.74) is 3.44. The Kier molecular flexibility index (Phi) is 5.41. The fraction of sp³-hybridized carbons (Fsp3) is 0.250. The Bertz CT molecular complexity index is 1220. The Morgan fingerprint density at radius 1 is 1.16 bits per heavy atom. The van der Waals surface area contributed by atoms with E-state index < -0.39 is 0 Å². The standard InChI is InChI=1S/C24H23N5O3/c1-2-31-21-11-7-6-10-17(21)14-29-15-18(12-22(29)30)23-25-24(32-28-23)20-13-19(26-27-20)16-8-4-3-5-9-16/h3-11,13,18H,2,12,14-15H2,1H3,(H,26,27). The van der Waals surface area contributed by atoms with Crippen LogP contribution in [0.3, 0.4) is 0 Å². The fourth-order valence-corrected chi connectivity index (χ4v) is 3.93. The summed E-state index contributed by atoms with van der Waals surface area (Å²) in [6.07, 6.45) is 0.355. The van der Waals surface area contributed by atoms with Gasteiger partial charge in [-0.15, -0.1) is 0 Å². The molecule has 0 aliphatic carbocycles. The van der Waals surface area contributed by atoms with Crippen molar-refractivity contribution >= 4 is 5.91 Å². The summed E-state index contributed by atoms with van der Waals surface area (Å²) < 4.78 is 11.2. The molecule has 0 radical (unpaired) electrons. The van der Waals surface area contributed by atoms with Crippen molar-refractivity contribution in [1.82, 2.24) is 25.2 Å². The summed E-state index contributed by atoms with van der Waals surface area (Å²) >= 11 is 0. The summed E-state index contributed by atoms with van der Waals surface area (Å²) in [6, 6.07) is 19.5. The van der Waals surface area contributed by atoms with Gasteiger partial charge in [0.25, 0.3) is 5.89 Å². The van der Waals surface area contributed by atoms with Gasteiger partial charge in [0.05, 0.1) is 12.3 Å². The van der Waals surface area contributed by atoms with Crippen LogP contribution in [0.25, 0.3) is 22.8 Å². The van der Waals surface area contributed by atoms with Crippen molar-refractivity contribution in [2.24, 2.45) is 0 Å². The topological polar surface area (TPSA) is 97.1 Å². The highest BCUT2D eigenvalue weighted by Crippen LogP contribution is 2.31. The third kappa shape index (κ3) is 3.99. The molecule has 8 heteroatoms. The number of rotatable bonds is 7. The molecule has 1 aliphatic rings. The van der Waals surface area contributed by atoms with Crippen LogP contribution in [0.15, 0.2) is 65.2 Å². The first-order valence-electron chi connectivity index (χ1n) is 10.6. The lowest BCUT2D eigenvalue weighted by atomic mass is 10.1. The number of carbonyl (C=O) groups excluding carboxylic acids is 1. The molecule has 2 aromatic carbocycles. The molecule has 32 heavy (non-hydrogen) atoms. The van der Waals surface area contributed by atoms with Crippen LogP contribution < -0.4 is 4.74 Å². The maximum Gasteiger partial charge on any atom is 0.275 e. The first-order valence-corrected chi connectivity index (χ1v) is 10.6. The highest BCUT2D eigenvalue weighted by molar-refractivity contribution is 5.79. The van der Waals surface area contributed by atoms with Gasteiger partial charge in [-0.1, -0.05) is 53.7 Å². The van der Waals surface area contributed by atoms with Gasteiger partial charge in [0.2, 0.25) is 5.91 Å². The van der Waals surface area contributed by atoms with E-state index in [9.17, 15) is 4.79 Å². The zero-order valence-electron chi connectivity index (χ0n) is 17.7. The molecule has 1 unspecified atom stereocenters. The molecule has 3 heterocycles. The normalized spacial score (nSPS) is 16.0. The molecule has 1 atom stereocenters. The maximum atomic E-state index is 12.7. The van der Waals surface area contributed by atoms with E-state index in [4.69, 9.17) is 9.26 Å². The Labute approximate surface area is 185 Å². The lowest BCUT2D eigenvalue weighted by Crippen LogP contribution is -2.24. The number of aromatic nitrogens is 4. The number of aromatic amines is 1. The minimum Gasteiger partial charge on any atom is -0.494 e. The van der Waals surface area contributed by atoms with Crippen molar-refractivity contribution in [3.8, 4) is 28.6 Å². The van der Waals surface area contributed by atoms with Gasteiger partial charge in [-0.3, -0.25) is 9.89 Å². The molecule has 162 valence electrons. The van der Waals surface area contributed by atoms with Crippen molar-refractivity contribution in [2.75, 3.05) is 13.2 Å². The number of H-pyrrole nitrogens is 1. The van der Waals surface area contributed by atoms with Crippen LogP contribution in [0.4, 0.5) is 0 Å². The highest BCUT2D eigenvalue weighted by atomic mass is 16.5. The number of likely N-dealkylation sites (tertiary alicyclic amines) is 1. The fourth-order valence-electron chi connectivity index (χ4n) is 3.93. The summed E-state index contributed by atoms with van der Waals surface area (Å²) in [4.78, 5) is 19.0. The van der Waals surface area contributed by atoms with Crippen LogP contribution in [-0.4, -0.2) is 44.3 Å². The molecule has 0 bridgehead atoms. The number of para-hydroxylation sites is 1. The largest absolute Gasteiger partial charge is 0.494 e. The second-order valence-electron chi connectivity index (χ2n) is 7.71. The molecule has 0 saturated carbocycles. The van der Waals surface area contributed by atoms with Crippen LogP contribution in [0.2, 0.25) is 0 Å². The van der Waals surface area contributed by atoms with Crippen LogP contribution >= 0.6 is 0 Å². The predicted molar refractivity (Wildman–Crippen MR) is 118 cm³/mol. The summed E-state index contributed by atoms with van der Waals surface area (Å²) in [5.74, 6) is 1.66. The first kappa shape index (κ1) is 20.0. The minimum absolute atomic E-state index is 0.0700. The summed E-state index contributed by atoms with van der Waals surface area (Å²) in [7, 11) is 0. The zero-order chi connectivity index (χ0) is 21.9. The van der Waals surface area contributed by atoms with Crippen molar-refractivity contribution in [3.63, 3.8) is 0 Å². The number of nitrogens with one attached hydrogen (secondary N) is 1. The molecule has 4 aromatic rings. The predicted octanol–water partition coefficient (Wildman–Crippen LogP) is 4.04. The lowest BCUT2D eigenvalue weighted by molar-refractivity contribution is -0.128. The molecule has 1 saturated heterocycles. The van der Waals surface area contributed by atoms with E-state index in [1.54, 1.807) is 0 Å². The first-order chi connectivity index (χ1) is 15.7. The van der Waals surface area contributed by atoms with Gasteiger partial charge >= 0.3 is 0 Å². The molecule has 1 amide bonds. The number of amides is 1. The maximum absolute atomic E-state index is 12.7.